The molecule has 0 aliphatic heterocycles. The quantitative estimate of drug-likeness (QED) is 0.856. The highest BCUT2D eigenvalue weighted by Crippen LogP contribution is 2.12. The second-order valence-corrected chi connectivity index (χ2v) is 5.69. The minimum absolute atomic E-state index is 0.0597. The van der Waals surface area contributed by atoms with Gasteiger partial charge in [-0.1, -0.05) is 29.3 Å². The summed E-state index contributed by atoms with van der Waals surface area (Å²) in [5.74, 6) is 0.249. The molecule has 0 spiro atoms. The Balaban J connectivity index is 1.83. The number of hydrogen-bond acceptors (Lipinski definition) is 3. The molecular formula is C19H22N2O3. The lowest BCUT2D eigenvalue weighted by atomic mass is 10.1. The zero-order valence-corrected chi connectivity index (χ0v) is 14.2. The second kappa shape index (κ2) is 8.15. The molecule has 0 aliphatic rings. The van der Waals surface area contributed by atoms with Gasteiger partial charge in [0.05, 0.1) is 13.7 Å². The lowest BCUT2D eigenvalue weighted by Gasteiger charge is -2.09. The number of carbonyl (C=O) groups is 2. The highest BCUT2D eigenvalue weighted by molar-refractivity contribution is 5.96. The van der Waals surface area contributed by atoms with Gasteiger partial charge in [-0.15, -0.1) is 0 Å². The van der Waals surface area contributed by atoms with E-state index >= 15 is 0 Å². The van der Waals surface area contributed by atoms with Gasteiger partial charge in [-0.25, -0.2) is 0 Å². The highest BCUT2D eigenvalue weighted by Gasteiger charge is 2.09. The first-order valence-electron chi connectivity index (χ1n) is 7.74. The van der Waals surface area contributed by atoms with Gasteiger partial charge in [0.1, 0.15) is 5.75 Å². The van der Waals surface area contributed by atoms with Crippen molar-refractivity contribution in [2.75, 3.05) is 13.7 Å². The van der Waals surface area contributed by atoms with Crippen molar-refractivity contribution in [2.24, 2.45) is 0 Å². The Morgan fingerprint density at radius 3 is 2.38 bits per heavy atom. The Bertz CT molecular complexity index is 721. The summed E-state index contributed by atoms with van der Waals surface area (Å²) < 4.78 is 5.14. The smallest absolute Gasteiger partial charge is 0.251 e. The van der Waals surface area contributed by atoms with Crippen molar-refractivity contribution in [3.63, 3.8) is 0 Å². The fourth-order valence-corrected chi connectivity index (χ4v) is 2.41. The SMILES string of the molecule is COc1cccc(CNC(=O)CNC(=O)c2cc(C)cc(C)c2)c1. The molecule has 126 valence electrons. The normalized spacial score (nSPS) is 10.1. The van der Waals surface area contributed by atoms with Crippen molar-refractivity contribution in [2.45, 2.75) is 20.4 Å². The van der Waals surface area contributed by atoms with Crippen molar-refractivity contribution in [1.82, 2.24) is 10.6 Å². The van der Waals surface area contributed by atoms with Gasteiger partial charge >= 0.3 is 0 Å². The molecule has 0 atom stereocenters. The predicted molar refractivity (Wildman–Crippen MR) is 93.1 cm³/mol. The Kier molecular flexibility index (Phi) is 5.95. The lowest BCUT2D eigenvalue weighted by molar-refractivity contribution is -0.120. The number of carbonyl (C=O) groups excluding carboxylic acids is 2. The number of benzene rings is 2. The average Bonchev–Trinajstić information content (AvgIpc) is 2.57. The van der Waals surface area contributed by atoms with Gasteiger partial charge in [-0.2, -0.15) is 0 Å². The van der Waals surface area contributed by atoms with Gasteiger partial charge in [0.2, 0.25) is 5.91 Å². The first-order chi connectivity index (χ1) is 11.5. The van der Waals surface area contributed by atoms with Gasteiger partial charge in [-0.05, 0) is 43.7 Å². The minimum atomic E-state index is -0.252. The lowest BCUT2D eigenvalue weighted by Crippen LogP contribution is -2.36. The summed E-state index contributed by atoms with van der Waals surface area (Å²) in [6.45, 7) is 4.19. The maximum absolute atomic E-state index is 12.1. The van der Waals surface area contributed by atoms with Crippen LogP contribution >= 0.6 is 0 Å². The molecular weight excluding hydrogens is 304 g/mol. The minimum Gasteiger partial charge on any atom is -0.497 e. The van der Waals surface area contributed by atoms with E-state index in [0.29, 0.717) is 12.1 Å². The number of amides is 2. The second-order valence-electron chi connectivity index (χ2n) is 5.69. The summed E-state index contributed by atoms with van der Waals surface area (Å²) in [7, 11) is 1.60. The Labute approximate surface area is 142 Å². The van der Waals surface area contributed by atoms with E-state index < -0.39 is 0 Å². The number of aryl methyl sites for hydroxylation is 2. The highest BCUT2D eigenvalue weighted by atomic mass is 16.5. The maximum atomic E-state index is 12.1. The van der Waals surface area contributed by atoms with Crippen LogP contribution < -0.4 is 15.4 Å². The van der Waals surface area contributed by atoms with Crippen molar-refractivity contribution in [1.29, 1.82) is 0 Å². The van der Waals surface area contributed by atoms with Crippen LogP contribution in [0.25, 0.3) is 0 Å². The third-order valence-corrected chi connectivity index (χ3v) is 3.52. The molecule has 0 unspecified atom stereocenters. The number of nitrogens with one attached hydrogen (secondary N) is 2. The van der Waals surface area contributed by atoms with Crippen molar-refractivity contribution in [3.05, 3.63) is 64.7 Å². The Morgan fingerprint density at radius 1 is 1.00 bits per heavy atom. The maximum Gasteiger partial charge on any atom is 0.251 e. The molecule has 0 aliphatic carbocycles. The Morgan fingerprint density at radius 2 is 1.71 bits per heavy atom. The summed E-state index contributed by atoms with van der Waals surface area (Å²) in [5.41, 5.74) is 3.53. The van der Waals surface area contributed by atoms with E-state index in [9.17, 15) is 9.59 Å². The van der Waals surface area contributed by atoms with Gasteiger partial charge in [0.15, 0.2) is 0 Å². The fraction of sp³-hybridized carbons (Fsp3) is 0.263. The predicted octanol–water partition coefficient (Wildman–Crippen LogP) is 2.36. The molecule has 2 rings (SSSR count). The fourth-order valence-electron chi connectivity index (χ4n) is 2.41. The topological polar surface area (TPSA) is 67.4 Å². The largest absolute Gasteiger partial charge is 0.497 e. The molecule has 2 aromatic carbocycles. The number of rotatable bonds is 6. The van der Waals surface area contributed by atoms with E-state index in [-0.39, 0.29) is 18.4 Å². The van der Waals surface area contributed by atoms with Crippen LogP contribution in [0.1, 0.15) is 27.0 Å². The van der Waals surface area contributed by atoms with Gasteiger partial charge in [0, 0.05) is 12.1 Å². The molecule has 5 nitrogen and oxygen atoms in total. The third kappa shape index (κ3) is 5.12. The number of ether oxygens (including phenoxy) is 1. The van der Waals surface area contributed by atoms with E-state index in [2.05, 4.69) is 10.6 Å². The number of methoxy groups -OCH3 is 1. The van der Waals surface area contributed by atoms with Gasteiger partial charge in [-0.3, -0.25) is 9.59 Å². The van der Waals surface area contributed by atoms with Crippen molar-refractivity contribution >= 4 is 11.8 Å². The van der Waals surface area contributed by atoms with Crippen LogP contribution in [-0.4, -0.2) is 25.5 Å². The molecule has 2 aromatic rings. The van der Waals surface area contributed by atoms with E-state index in [4.69, 9.17) is 4.74 Å². The van der Waals surface area contributed by atoms with Crippen LogP contribution in [0.4, 0.5) is 0 Å². The monoisotopic (exact) mass is 326 g/mol. The average molecular weight is 326 g/mol. The Hall–Kier alpha value is -2.82. The van der Waals surface area contributed by atoms with Crippen LogP contribution in [0.15, 0.2) is 42.5 Å². The first kappa shape index (κ1) is 17.5. The standard InChI is InChI=1S/C19H22N2O3/c1-13-7-14(2)9-16(8-13)19(23)21-12-18(22)20-11-15-5-4-6-17(10-15)24-3/h4-10H,11-12H2,1-3H3,(H,20,22)(H,21,23). The molecule has 0 radical (unpaired) electrons. The summed E-state index contributed by atoms with van der Waals surface area (Å²) in [6.07, 6.45) is 0. The zero-order chi connectivity index (χ0) is 17.5. The summed E-state index contributed by atoms with van der Waals surface area (Å²) >= 11 is 0. The van der Waals surface area contributed by atoms with E-state index in [1.54, 1.807) is 19.2 Å². The third-order valence-electron chi connectivity index (χ3n) is 3.52. The molecule has 2 N–H and O–H groups in total. The molecule has 0 saturated carbocycles. The van der Waals surface area contributed by atoms with E-state index in [1.807, 2.05) is 44.2 Å². The molecule has 0 heterocycles. The van der Waals surface area contributed by atoms with Crippen LogP contribution in [-0.2, 0) is 11.3 Å². The summed E-state index contributed by atoms with van der Waals surface area (Å²) in [6, 6.07) is 13.1. The van der Waals surface area contributed by atoms with Crippen LogP contribution in [0.2, 0.25) is 0 Å². The molecule has 5 heteroatoms. The van der Waals surface area contributed by atoms with Crippen molar-refractivity contribution < 1.29 is 14.3 Å². The van der Waals surface area contributed by atoms with E-state index in [0.717, 1.165) is 22.4 Å². The molecule has 0 aromatic heterocycles. The molecule has 0 fully saturated rings. The molecule has 2 amide bonds. The number of hydrogen-bond donors (Lipinski definition) is 2. The summed E-state index contributed by atoms with van der Waals surface area (Å²) in [4.78, 5) is 24.0. The van der Waals surface area contributed by atoms with Gasteiger partial charge in [0.25, 0.3) is 5.91 Å². The van der Waals surface area contributed by atoms with Crippen LogP contribution in [0.5, 0.6) is 5.75 Å². The molecule has 0 bridgehead atoms. The summed E-state index contributed by atoms with van der Waals surface area (Å²) in [5, 5.41) is 5.41. The zero-order valence-electron chi connectivity index (χ0n) is 14.2. The first-order valence-corrected chi connectivity index (χ1v) is 7.74. The molecule has 0 saturated heterocycles. The van der Waals surface area contributed by atoms with Gasteiger partial charge < -0.3 is 15.4 Å². The van der Waals surface area contributed by atoms with Crippen LogP contribution in [0.3, 0.4) is 0 Å². The molecule has 24 heavy (non-hydrogen) atoms. The van der Waals surface area contributed by atoms with E-state index in [1.165, 1.54) is 0 Å². The van der Waals surface area contributed by atoms with Crippen molar-refractivity contribution in [3.8, 4) is 5.75 Å². The van der Waals surface area contributed by atoms with Crippen LogP contribution in [0, 0.1) is 13.8 Å².